The molecular formula is C38H25N4Se. The van der Waals surface area contributed by atoms with Gasteiger partial charge in [0.1, 0.15) is 0 Å². The Morgan fingerprint density at radius 3 is 1.65 bits per heavy atom. The first-order valence-electron chi connectivity index (χ1n) is 14.2. The van der Waals surface area contributed by atoms with E-state index in [9.17, 15) is 0 Å². The molecule has 0 bridgehead atoms. The predicted octanol–water partition coefficient (Wildman–Crippen LogP) is 7.63. The molecule has 1 aliphatic rings. The number of benzene rings is 6. The summed E-state index contributed by atoms with van der Waals surface area (Å²) in [5, 5.41) is 6.14. The summed E-state index contributed by atoms with van der Waals surface area (Å²) in [7, 11) is 0. The van der Waals surface area contributed by atoms with Gasteiger partial charge in [0.25, 0.3) is 0 Å². The van der Waals surface area contributed by atoms with E-state index in [4.69, 9.17) is 15.0 Å². The topological polar surface area (TPSA) is 50.7 Å². The third-order valence-electron chi connectivity index (χ3n) is 7.61. The molecule has 2 heterocycles. The number of rotatable bonds is 5. The minimum atomic E-state index is 0.159. The average Bonchev–Trinajstić information content (AvgIpc) is 3.54. The summed E-state index contributed by atoms with van der Waals surface area (Å²) in [4.78, 5) is 15.0. The van der Waals surface area contributed by atoms with Gasteiger partial charge in [0.05, 0.1) is 0 Å². The molecule has 7 aromatic rings. The van der Waals surface area contributed by atoms with Gasteiger partial charge in [0.2, 0.25) is 0 Å². The number of fused-ring (bicyclic) bond motifs is 3. The fraction of sp³-hybridized carbons (Fsp3) is 0. The van der Waals surface area contributed by atoms with E-state index in [0.29, 0.717) is 17.5 Å². The molecule has 0 unspecified atom stereocenters. The van der Waals surface area contributed by atoms with Gasteiger partial charge in [-0.25, -0.2) is 0 Å². The van der Waals surface area contributed by atoms with Crippen molar-refractivity contribution in [3.63, 3.8) is 0 Å². The third kappa shape index (κ3) is 4.95. The van der Waals surface area contributed by atoms with Crippen LogP contribution in [0.4, 0.5) is 5.69 Å². The molecule has 0 atom stereocenters. The van der Waals surface area contributed by atoms with Crippen LogP contribution in [0.15, 0.2) is 146 Å². The minimum absolute atomic E-state index is 0.159. The number of anilines is 1. The maximum atomic E-state index is 5.06. The third-order valence-corrected chi connectivity index (χ3v) is 10.1. The van der Waals surface area contributed by atoms with E-state index >= 15 is 0 Å². The zero-order valence-electron chi connectivity index (χ0n) is 23.1. The number of hydrogen-bond acceptors (Lipinski definition) is 4. The Kier molecular flexibility index (Phi) is 6.45. The normalized spacial score (nSPS) is 12.0. The van der Waals surface area contributed by atoms with Gasteiger partial charge in [0, 0.05) is 0 Å². The van der Waals surface area contributed by atoms with Gasteiger partial charge in [-0.15, -0.1) is 0 Å². The fourth-order valence-electron chi connectivity index (χ4n) is 5.43. The molecule has 8 rings (SSSR count). The van der Waals surface area contributed by atoms with Crippen molar-refractivity contribution in [2.24, 2.45) is 0 Å². The predicted molar refractivity (Wildman–Crippen MR) is 179 cm³/mol. The Morgan fingerprint density at radius 2 is 0.953 bits per heavy atom. The zero-order valence-corrected chi connectivity index (χ0v) is 24.8. The molecule has 1 radical (unpaired) electrons. The van der Waals surface area contributed by atoms with Gasteiger partial charge in [-0.2, -0.15) is 0 Å². The Balaban J connectivity index is 1.27. The van der Waals surface area contributed by atoms with Crippen LogP contribution < -0.4 is 9.78 Å². The van der Waals surface area contributed by atoms with Crippen LogP contribution in [0, 0.1) is 0 Å². The molecule has 0 fully saturated rings. The molecule has 1 aromatic heterocycles. The van der Waals surface area contributed by atoms with E-state index in [-0.39, 0.29) is 14.5 Å². The molecule has 0 saturated carbocycles. The summed E-state index contributed by atoms with van der Waals surface area (Å²) in [5.74, 6) is 1.99. The molecular weight excluding hydrogens is 591 g/mol. The molecule has 4 nitrogen and oxygen atoms in total. The van der Waals surface area contributed by atoms with Crippen molar-refractivity contribution in [3.8, 4) is 45.3 Å². The first-order valence-corrected chi connectivity index (χ1v) is 15.9. The summed E-state index contributed by atoms with van der Waals surface area (Å²) in [5.41, 5.74) is 7.61. The molecule has 0 aliphatic carbocycles. The van der Waals surface area contributed by atoms with Crippen LogP contribution in [0.25, 0.3) is 56.1 Å². The van der Waals surface area contributed by atoms with Gasteiger partial charge in [-0.1, -0.05) is 18.2 Å². The van der Waals surface area contributed by atoms with Crippen LogP contribution in [0.3, 0.4) is 0 Å². The number of nitrogens with zero attached hydrogens (tertiary/aromatic N) is 3. The van der Waals surface area contributed by atoms with Crippen molar-refractivity contribution in [1.82, 2.24) is 15.0 Å². The molecule has 43 heavy (non-hydrogen) atoms. The summed E-state index contributed by atoms with van der Waals surface area (Å²) in [6, 6.07) is 50.5. The molecule has 203 valence electrons. The fourth-order valence-corrected chi connectivity index (χ4v) is 7.81. The van der Waals surface area contributed by atoms with Crippen molar-refractivity contribution in [2.75, 3.05) is 5.32 Å². The van der Waals surface area contributed by atoms with E-state index in [1.165, 1.54) is 31.0 Å². The molecule has 0 spiro atoms. The van der Waals surface area contributed by atoms with E-state index < -0.39 is 0 Å². The van der Waals surface area contributed by atoms with Gasteiger partial charge in [0.15, 0.2) is 0 Å². The second-order valence-electron chi connectivity index (χ2n) is 10.4. The van der Waals surface area contributed by atoms with Crippen molar-refractivity contribution < 1.29 is 0 Å². The van der Waals surface area contributed by atoms with Gasteiger partial charge in [-0.3, -0.25) is 0 Å². The Hall–Kier alpha value is -5.22. The van der Waals surface area contributed by atoms with Crippen LogP contribution in [0.2, 0.25) is 0 Å². The van der Waals surface area contributed by atoms with Crippen LogP contribution in [0.5, 0.6) is 0 Å². The van der Waals surface area contributed by atoms with Gasteiger partial charge >= 0.3 is 238 Å². The monoisotopic (exact) mass is 617 g/mol. The summed E-state index contributed by atoms with van der Waals surface area (Å²) < 4.78 is 2.65. The Labute approximate surface area is 255 Å². The van der Waals surface area contributed by atoms with E-state index in [1.54, 1.807) is 0 Å². The first kappa shape index (κ1) is 25.5. The Bertz CT molecular complexity index is 2140. The number of nitrogens with one attached hydrogen (secondary N) is 1. The summed E-state index contributed by atoms with van der Waals surface area (Å²) >= 11 is 0.159. The van der Waals surface area contributed by atoms with Crippen LogP contribution in [-0.4, -0.2) is 34.0 Å². The maximum absolute atomic E-state index is 5.06. The summed E-state index contributed by atoms with van der Waals surface area (Å²) in [6.07, 6.45) is 0. The Morgan fingerprint density at radius 1 is 0.419 bits per heavy atom. The average molecular weight is 617 g/mol. The number of aromatic nitrogens is 3. The van der Waals surface area contributed by atoms with E-state index in [2.05, 4.69) is 115 Å². The second kappa shape index (κ2) is 10.9. The molecule has 1 aliphatic heterocycles. The van der Waals surface area contributed by atoms with Crippen LogP contribution >= 0.6 is 0 Å². The van der Waals surface area contributed by atoms with Crippen LogP contribution in [0.1, 0.15) is 5.56 Å². The first-order chi connectivity index (χ1) is 21.3. The SMILES string of the molecule is c1ccc(C2=[Se]c3c(ccc4ccc(-c5nc(-c6ccccc6)nc(-c6cccc(-c7ccccc7)c6)n5)cc34)N2)cc1. The molecule has 5 heteroatoms. The summed E-state index contributed by atoms with van der Waals surface area (Å²) in [6.45, 7) is 0. The van der Waals surface area contributed by atoms with Crippen molar-refractivity contribution in [3.05, 3.63) is 151 Å². The molecule has 0 amide bonds. The molecule has 1 N–H and O–H groups in total. The number of hydrogen-bond donors (Lipinski definition) is 1. The van der Waals surface area contributed by atoms with Crippen LogP contribution in [-0.2, 0) is 0 Å². The van der Waals surface area contributed by atoms with Crippen molar-refractivity contribution >= 4 is 40.0 Å². The molecule has 0 saturated heterocycles. The van der Waals surface area contributed by atoms with E-state index in [0.717, 1.165) is 27.8 Å². The van der Waals surface area contributed by atoms with Crippen molar-refractivity contribution in [2.45, 2.75) is 0 Å². The van der Waals surface area contributed by atoms with E-state index in [1.807, 2.05) is 36.4 Å². The zero-order chi connectivity index (χ0) is 28.6. The standard InChI is InChI=1S/C38H25N4Se/c1-4-11-25(12-5-1)29-17-10-18-30(23-29)36-40-35(27-13-6-2-7-14-27)41-37(42-36)31-20-19-26-21-22-33-34(32(26)24-31)43-38(39-33)28-15-8-3-9-16-28/h1-24,39H. The van der Waals surface area contributed by atoms with Crippen molar-refractivity contribution in [1.29, 1.82) is 0 Å². The quantitative estimate of drug-likeness (QED) is 0.202. The van der Waals surface area contributed by atoms with Gasteiger partial charge in [-0.05, 0) is 0 Å². The molecule has 6 aromatic carbocycles. The van der Waals surface area contributed by atoms with Gasteiger partial charge < -0.3 is 0 Å². The second-order valence-corrected chi connectivity index (χ2v) is 12.6.